The van der Waals surface area contributed by atoms with Gasteiger partial charge in [-0.1, -0.05) is 47.5 Å². The average Bonchev–Trinajstić information content (AvgIpc) is 2.57. The molecule has 0 rings (SSSR count). The summed E-state index contributed by atoms with van der Waals surface area (Å²) in [6.45, 7) is 15.4. The first-order valence-corrected chi connectivity index (χ1v) is 10.7. The summed E-state index contributed by atoms with van der Waals surface area (Å²) in [5.41, 5.74) is 0.326. The van der Waals surface area contributed by atoms with Crippen LogP contribution in [0.5, 0.6) is 0 Å². The lowest BCUT2D eigenvalue weighted by atomic mass is 9.84. The third-order valence-electron chi connectivity index (χ3n) is 4.14. The van der Waals surface area contributed by atoms with Crippen molar-refractivity contribution in [3.63, 3.8) is 0 Å². The van der Waals surface area contributed by atoms with Crippen LogP contribution in [-0.4, -0.2) is 52.2 Å². The van der Waals surface area contributed by atoms with Crippen molar-refractivity contribution in [3.8, 4) is 0 Å². The number of esters is 1. The third-order valence-corrected chi connectivity index (χ3v) is 4.14. The Morgan fingerprint density at radius 3 is 1.93 bits per heavy atom. The van der Waals surface area contributed by atoms with Gasteiger partial charge < -0.3 is 18.9 Å². The third kappa shape index (κ3) is 21.5. The van der Waals surface area contributed by atoms with Crippen LogP contribution in [0, 0.1) is 11.3 Å². The topological polar surface area (TPSA) is 54.0 Å². The van der Waals surface area contributed by atoms with Gasteiger partial charge in [-0.2, -0.15) is 0 Å². The number of ether oxygens (including phenoxy) is 4. The van der Waals surface area contributed by atoms with E-state index in [4.69, 9.17) is 18.9 Å². The first-order valence-electron chi connectivity index (χ1n) is 10.7. The summed E-state index contributed by atoms with van der Waals surface area (Å²) in [7, 11) is 0. The van der Waals surface area contributed by atoms with Gasteiger partial charge in [0.1, 0.15) is 0 Å². The molecule has 0 aliphatic carbocycles. The Bertz CT molecular complexity index is 338. The molecule has 0 N–H and O–H groups in total. The summed E-state index contributed by atoms with van der Waals surface area (Å²) < 4.78 is 21.7. The molecular weight excluding hydrogens is 344 g/mol. The zero-order valence-electron chi connectivity index (χ0n) is 18.5. The standard InChI is InChI=1S/C22H44O5/c1-6-7-8-12-24-15-17-26-18-16-25-13-9-10-21(23)27-14-11-20(2)19-22(3,4)5/h20H,6-19H2,1-5H3. The van der Waals surface area contributed by atoms with Crippen LogP contribution in [0.4, 0.5) is 0 Å². The molecular formula is C22H44O5. The van der Waals surface area contributed by atoms with Crippen molar-refractivity contribution >= 4 is 5.97 Å². The summed E-state index contributed by atoms with van der Waals surface area (Å²) >= 11 is 0. The molecule has 0 fully saturated rings. The molecule has 0 aliphatic heterocycles. The molecule has 0 saturated heterocycles. The molecule has 0 spiro atoms. The van der Waals surface area contributed by atoms with Gasteiger partial charge in [0, 0.05) is 19.6 Å². The molecule has 0 radical (unpaired) electrons. The normalized spacial score (nSPS) is 12.9. The predicted molar refractivity (Wildman–Crippen MR) is 110 cm³/mol. The molecule has 1 unspecified atom stereocenters. The lowest BCUT2D eigenvalue weighted by Crippen LogP contribution is -2.14. The minimum Gasteiger partial charge on any atom is -0.466 e. The zero-order valence-corrected chi connectivity index (χ0v) is 18.5. The number of unbranched alkanes of at least 4 members (excludes halogenated alkanes) is 2. The van der Waals surface area contributed by atoms with E-state index in [0.29, 0.717) is 63.8 Å². The van der Waals surface area contributed by atoms with Crippen LogP contribution in [0.3, 0.4) is 0 Å². The Balaban J connectivity index is 3.30. The molecule has 0 heterocycles. The number of carbonyl (C=O) groups is 1. The van der Waals surface area contributed by atoms with Gasteiger partial charge in [-0.05, 0) is 37.0 Å². The van der Waals surface area contributed by atoms with E-state index in [0.717, 1.165) is 25.9 Å². The number of hydrogen-bond acceptors (Lipinski definition) is 5. The summed E-state index contributed by atoms with van der Waals surface area (Å²) in [6, 6.07) is 0. The number of rotatable bonds is 18. The van der Waals surface area contributed by atoms with Crippen molar-refractivity contribution in [1.29, 1.82) is 0 Å². The fourth-order valence-electron chi connectivity index (χ4n) is 2.91. The van der Waals surface area contributed by atoms with Crippen molar-refractivity contribution in [2.24, 2.45) is 11.3 Å². The van der Waals surface area contributed by atoms with Crippen molar-refractivity contribution in [3.05, 3.63) is 0 Å². The minimum absolute atomic E-state index is 0.127. The van der Waals surface area contributed by atoms with Gasteiger partial charge in [0.15, 0.2) is 0 Å². The van der Waals surface area contributed by atoms with Crippen LogP contribution in [0.15, 0.2) is 0 Å². The van der Waals surface area contributed by atoms with Gasteiger partial charge in [-0.3, -0.25) is 4.79 Å². The molecule has 1 atom stereocenters. The molecule has 5 nitrogen and oxygen atoms in total. The molecule has 0 aromatic heterocycles. The second kappa shape index (κ2) is 17.4. The van der Waals surface area contributed by atoms with Crippen LogP contribution in [0.2, 0.25) is 0 Å². The van der Waals surface area contributed by atoms with Crippen molar-refractivity contribution in [2.45, 2.75) is 79.6 Å². The Labute approximate surface area is 167 Å². The first-order chi connectivity index (χ1) is 12.8. The second-order valence-corrected chi connectivity index (χ2v) is 8.53. The van der Waals surface area contributed by atoms with E-state index in [1.54, 1.807) is 0 Å². The fourth-order valence-corrected chi connectivity index (χ4v) is 2.91. The van der Waals surface area contributed by atoms with Gasteiger partial charge in [-0.15, -0.1) is 0 Å². The Morgan fingerprint density at radius 1 is 0.815 bits per heavy atom. The van der Waals surface area contributed by atoms with E-state index >= 15 is 0 Å². The van der Waals surface area contributed by atoms with Gasteiger partial charge in [0.2, 0.25) is 0 Å². The highest BCUT2D eigenvalue weighted by atomic mass is 16.5. The lowest BCUT2D eigenvalue weighted by molar-refractivity contribution is -0.144. The SMILES string of the molecule is CCCCCOCCOCCOCCCC(=O)OCCC(C)CC(C)(C)C. The van der Waals surface area contributed by atoms with Crippen molar-refractivity contribution in [2.75, 3.05) is 46.2 Å². The molecule has 162 valence electrons. The highest BCUT2D eigenvalue weighted by Crippen LogP contribution is 2.25. The first kappa shape index (κ1) is 26.4. The van der Waals surface area contributed by atoms with Gasteiger partial charge >= 0.3 is 5.97 Å². The average molecular weight is 389 g/mol. The van der Waals surface area contributed by atoms with Crippen LogP contribution in [-0.2, 0) is 23.7 Å². The van der Waals surface area contributed by atoms with E-state index in [9.17, 15) is 4.79 Å². The van der Waals surface area contributed by atoms with Crippen molar-refractivity contribution in [1.82, 2.24) is 0 Å². The Morgan fingerprint density at radius 2 is 1.37 bits per heavy atom. The van der Waals surface area contributed by atoms with Gasteiger partial charge in [-0.25, -0.2) is 0 Å². The van der Waals surface area contributed by atoms with E-state index in [1.807, 2.05) is 0 Å². The highest BCUT2D eigenvalue weighted by molar-refractivity contribution is 5.69. The van der Waals surface area contributed by atoms with Gasteiger partial charge in [0.25, 0.3) is 0 Å². The monoisotopic (exact) mass is 388 g/mol. The van der Waals surface area contributed by atoms with Crippen LogP contribution in [0.1, 0.15) is 79.6 Å². The zero-order chi connectivity index (χ0) is 20.4. The molecule has 27 heavy (non-hydrogen) atoms. The Hall–Kier alpha value is -0.650. The van der Waals surface area contributed by atoms with Crippen LogP contribution >= 0.6 is 0 Å². The fraction of sp³-hybridized carbons (Fsp3) is 0.955. The maximum atomic E-state index is 11.7. The molecule has 0 aromatic carbocycles. The molecule has 0 aliphatic rings. The molecule has 0 bridgehead atoms. The van der Waals surface area contributed by atoms with E-state index in [-0.39, 0.29) is 5.97 Å². The maximum absolute atomic E-state index is 11.7. The number of carbonyl (C=O) groups excluding carboxylic acids is 1. The van der Waals surface area contributed by atoms with Crippen LogP contribution in [0.25, 0.3) is 0 Å². The molecule has 0 aromatic rings. The van der Waals surface area contributed by atoms with Crippen molar-refractivity contribution < 1.29 is 23.7 Å². The Kier molecular flexibility index (Phi) is 17.0. The van der Waals surface area contributed by atoms with E-state index in [1.165, 1.54) is 12.8 Å². The number of hydrogen-bond donors (Lipinski definition) is 0. The molecule has 5 heteroatoms. The van der Waals surface area contributed by atoms with Gasteiger partial charge in [0.05, 0.1) is 33.0 Å². The smallest absolute Gasteiger partial charge is 0.305 e. The molecule has 0 saturated carbocycles. The van der Waals surface area contributed by atoms with E-state index < -0.39 is 0 Å². The predicted octanol–water partition coefficient (Wildman–Crippen LogP) is 5.01. The second-order valence-electron chi connectivity index (χ2n) is 8.53. The minimum atomic E-state index is -0.127. The molecule has 0 amide bonds. The lowest BCUT2D eigenvalue weighted by Gasteiger charge is -2.22. The largest absolute Gasteiger partial charge is 0.466 e. The summed E-state index contributed by atoms with van der Waals surface area (Å²) in [6.07, 6.45) is 6.74. The van der Waals surface area contributed by atoms with Crippen LogP contribution < -0.4 is 0 Å². The quantitative estimate of drug-likeness (QED) is 0.244. The highest BCUT2D eigenvalue weighted by Gasteiger charge is 2.15. The summed E-state index contributed by atoms with van der Waals surface area (Å²) in [4.78, 5) is 11.7. The summed E-state index contributed by atoms with van der Waals surface area (Å²) in [5, 5.41) is 0. The maximum Gasteiger partial charge on any atom is 0.305 e. The van der Waals surface area contributed by atoms with E-state index in [2.05, 4.69) is 34.6 Å². The summed E-state index contributed by atoms with van der Waals surface area (Å²) in [5.74, 6) is 0.445.